The minimum Gasteiger partial charge on any atom is -0.457 e. The van der Waals surface area contributed by atoms with Crippen LogP contribution in [0.4, 0.5) is 11.5 Å². The predicted octanol–water partition coefficient (Wildman–Crippen LogP) is 3.96. The molecule has 0 saturated heterocycles. The van der Waals surface area contributed by atoms with Crippen LogP contribution in [-0.4, -0.2) is 29.6 Å². The van der Waals surface area contributed by atoms with Crippen molar-refractivity contribution in [3.63, 3.8) is 0 Å². The highest BCUT2D eigenvalue weighted by Gasteiger charge is 2.13. The lowest BCUT2D eigenvalue weighted by Gasteiger charge is -2.17. The average molecular weight is 339 g/mol. The summed E-state index contributed by atoms with van der Waals surface area (Å²) in [4.78, 5) is 16.0. The molecule has 0 aliphatic carbocycles. The van der Waals surface area contributed by atoms with Crippen LogP contribution in [0.5, 0.6) is 0 Å². The van der Waals surface area contributed by atoms with E-state index in [4.69, 9.17) is 4.74 Å². The zero-order valence-corrected chi connectivity index (χ0v) is 15.0. The molecule has 132 valence electrons. The summed E-state index contributed by atoms with van der Waals surface area (Å²) in [7, 11) is 0. The lowest BCUT2D eigenvalue weighted by molar-refractivity contribution is -0.148. The molecule has 0 atom stereocenters. The average Bonchev–Trinajstić information content (AvgIpc) is 2.57. The molecule has 0 spiro atoms. The first-order chi connectivity index (χ1) is 11.9. The van der Waals surface area contributed by atoms with E-state index in [0.717, 1.165) is 30.2 Å². The highest BCUT2D eigenvalue weighted by atomic mass is 16.6. The highest BCUT2D eigenvalue weighted by molar-refractivity contribution is 5.87. The monoisotopic (exact) mass is 339 g/mol. The fourth-order valence-electron chi connectivity index (χ4n) is 2.06. The fraction of sp³-hybridized carbons (Fsp3) is 0.300. The Morgan fingerprint density at radius 1 is 1.08 bits per heavy atom. The fourth-order valence-corrected chi connectivity index (χ4v) is 2.06. The van der Waals surface area contributed by atoms with E-state index in [1.165, 1.54) is 6.08 Å². The van der Waals surface area contributed by atoms with Crippen LogP contribution < -0.4 is 10.6 Å². The lowest BCUT2D eigenvalue weighted by atomic mass is 10.2. The van der Waals surface area contributed by atoms with Crippen LogP contribution in [0.25, 0.3) is 6.08 Å². The van der Waals surface area contributed by atoms with E-state index in [1.54, 1.807) is 12.3 Å². The smallest absolute Gasteiger partial charge is 0.331 e. The number of carbonyl (C=O) groups is 1. The third-order valence-corrected chi connectivity index (χ3v) is 3.14. The van der Waals surface area contributed by atoms with Crippen molar-refractivity contribution >= 4 is 23.6 Å². The molecule has 0 aliphatic heterocycles. The topological polar surface area (TPSA) is 63.2 Å². The molecule has 2 N–H and O–H groups in total. The van der Waals surface area contributed by atoms with Crippen LogP contribution in [0.3, 0.4) is 0 Å². The number of anilines is 2. The predicted molar refractivity (Wildman–Crippen MR) is 103 cm³/mol. The number of benzene rings is 1. The number of hydrogen-bond donors (Lipinski definition) is 2. The first kappa shape index (κ1) is 18.5. The van der Waals surface area contributed by atoms with Gasteiger partial charge in [-0.15, -0.1) is 0 Å². The van der Waals surface area contributed by atoms with E-state index < -0.39 is 5.60 Å². The number of rotatable bonds is 7. The van der Waals surface area contributed by atoms with Crippen LogP contribution in [0.15, 0.2) is 54.7 Å². The summed E-state index contributed by atoms with van der Waals surface area (Å²) >= 11 is 0. The molecular formula is C20H25N3O2. The van der Waals surface area contributed by atoms with Gasteiger partial charge in [0.05, 0.1) is 0 Å². The maximum Gasteiger partial charge on any atom is 0.331 e. The maximum absolute atomic E-state index is 11.6. The summed E-state index contributed by atoms with van der Waals surface area (Å²) < 4.78 is 5.22. The van der Waals surface area contributed by atoms with Gasteiger partial charge in [0.15, 0.2) is 0 Å². The van der Waals surface area contributed by atoms with E-state index in [0.29, 0.717) is 0 Å². The molecule has 0 radical (unpaired) electrons. The molecule has 0 amide bonds. The minimum absolute atomic E-state index is 0.360. The Hall–Kier alpha value is -2.82. The molecule has 0 fully saturated rings. The number of pyridine rings is 1. The van der Waals surface area contributed by atoms with Gasteiger partial charge >= 0.3 is 5.97 Å². The largest absolute Gasteiger partial charge is 0.457 e. The molecule has 1 aromatic carbocycles. The van der Waals surface area contributed by atoms with Gasteiger partial charge in [-0.25, -0.2) is 9.78 Å². The Bertz CT molecular complexity index is 689. The van der Waals surface area contributed by atoms with Gasteiger partial charge in [0, 0.05) is 31.0 Å². The van der Waals surface area contributed by atoms with Gasteiger partial charge in [0.25, 0.3) is 0 Å². The van der Waals surface area contributed by atoms with E-state index in [-0.39, 0.29) is 5.97 Å². The van der Waals surface area contributed by atoms with Crippen molar-refractivity contribution in [1.29, 1.82) is 0 Å². The summed E-state index contributed by atoms with van der Waals surface area (Å²) in [5, 5.41) is 6.57. The number of esters is 1. The number of nitrogens with one attached hydrogen (secondary N) is 2. The molecule has 5 nitrogen and oxygen atoms in total. The Labute approximate surface area is 149 Å². The number of ether oxygens (including phenoxy) is 1. The number of para-hydroxylation sites is 1. The molecule has 0 aliphatic rings. The second kappa shape index (κ2) is 8.87. The van der Waals surface area contributed by atoms with Crippen molar-refractivity contribution in [2.75, 3.05) is 23.7 Å². The first-order valence-electron chi connectivity index (χ1n) is 8.32. The van der Waals surface area contributed by atoms with Gasteiger partial charge < -0.3 is 15.4 Å². The molecule has 1 aromatic heterocycles. The van der Waals surface area contributed by atoms with Gasteiger partial charge in [0.2, 0.25) is 0 Å². The van der Waals surface area contributed by atoms with Crippen LogP contribution >= 0.6 is 0 Å². The van der Waals surface area contributed by atoms with Crippen molar-refractivity contribution in [2.24, 2.45) is 0 Å². The molecular weight excluding hydrogens is 314 g/mol. The molecule has 0 saturated carbocycles. The summed E-state index contributed by atoms with van der Waals surface area (Å²) in [6, 6.07) is 13.8. The number of carbonyl (C=O) groups excluding carboxylic acids is 1. The molecule has 5 heteroatoms. The standard InChI is InChI=1S/C20H25N3O2/c1-20(2,3)25-19(24)12-10-16-9-11-18(23-15-16)22-14-13-21-17-7-5-4-6-8-17/h4-12,15,21H,13-14H2,1-3H3,(H,22,23)/b12-10+. The van der Waals surface area contributed by atoms with E-state index in [1.807, 2.05) is 63.2 Å². The second-order valence-corrected chi connectivity index (χ2v) is 6.56. The number of nitrogens with zero attached hydrogens (tertiary/aromatic N) is 1. The van der Waals surface area contributed by atoms with Crippen LogP contribution in [0.2, 0.25) is 0 Å². The van der Waals surface area contributed by atoms with Crippen LogP contribution in [0.1, 0.15) is 26.3 Å². The maximum atomic E-state index is 11.6. The van der Waals surface area contributed by atoms with Crippen LogP contribution in [0, 0.1) is 0 Å². The van der Waals surface area contributed by atoms with Crippen molar-refractivity contribution in [3.05, 3.63) is 60.3 Å². The quantitative estimate of drug-likeness (QED) is 0.454. The number of aromatic nitrogens is 1. The van der Waals surface area contributed by atoms with Gasteiger partial charge in [-0.3, -0.25) is 0 Å². The van der Waals surface area contributed by atoms with Crippen LogP contribution in [-0.2, 0) is 9.53 Å². The van der Waals surface area contributed by atoms with Gasteiger partial charge in [0.1, 0.15) is 11.4 Å². The summed E-state index contributed by atoms with van der Waals surface area (Å²) in [5.41, 5.74) is 1.46. The SMILES string of the molecule is CC(C)(C)OC(=O)/C=C/c1ccc(NCCNc2ccccc2)nc1. The Morgan fingerprint density at radius 2 is 1.80 bits per heavy atom. The lowest BCUT2D eigenvalue weighted by Crippen LogP contribution is -2.22. The van der Waals surface area contributed by atoms with Crippen molar-refractivity contribution in [3.8, 4) is 0 Å². The highest BCUT2D eigenvalue weighted by Crippen LogP contribution is 2.10. The van der Waals surface area contributed by atoms with Crippen molar-refractivity contribution in [2.45, 2.75) is 26.4 Å². The minimum atomic E-state index is -0.485. The van der Waals surface area contributed by atoms with Gasteiger partial charge in [-0.05, 0) is 56.7 Å². The molecule has 0 unspecified atom stereocenters. The zero-order chi connectivity index (χ0) is 18.1. The number of hydrogen-bond acceptors (Lipinski definition) is 5. The summed E-state index contributed by atoms with van der Waals surface area (Å²) in [6.07, 6.45) is 4.83. The van der Waals surface area contributed by atoms with Gasteiger partial charge in [-0.2, -0.15) is 0 Å². The van der Waals surface area contributed by atoms with Crippen molar-refractivity contribution < 1.29 is 9.53 Å². The van der Waals surface area contributed by atoms with E-state index in [9.17, 15) is 4.79 Å². The Balaban J connectivity index is 1.75. The summed E-state index contributed by atoms with van der Waals surface area (Å²) in [6.45, 7) is 7.08. The zero-order valence-electron chi connectivity index (χ0n) is 15.0. The van der Waals surface area contributed by atoms with E-state index >= 15 is 0 Å². The normalized spacial score (nSPS) is 11.3. The Kier molecular flexibility index (Phi) is 6.57. The molecule has 25 heavy (non-hydrogen) atoms. The van der Waals surface area contributed by atoms with E-state index in [2.05, 4.69) is 15.6 Å². The van der Waals surface area contributed by atoms with Gasteiger partial charge in [-0.1, -0.05) is 18.2 Å². The summed E-state index contributed by atoms with van der Waals surface area (Å²) in [5.74, 6) is 0.436. The second-order valence-electron chi connectivity index (χ2n) is 6.56. The Morgan fingerprint density at radius 3 is 2.44 bits per heavy atom. The molecule has 1 heterocycles. The van der Waals surface area contributed by atoms with Crippen molar-refractivity contribution in [1.82, 2.24) is 4.98 Å². The third-order valence-electron chi connectivity index (χ3n) is 3.14. The molecule has 0 bridgehead atoms. The third kappa shape index (κ3) is 7.52. The molecule has 2 rings (SSSR count). The molecule has 2 aromatic rings. The first-order valence-corrected chi connectivity index (χ1v) is 8.32.